The Morgan fingerprint density at radius 2 is 2.05 bits per heavy atom. The van der Waals surface area contributed by atoms with Gasteiger partial charge >= 0.3 is 0 Å². The average Bonchev–Trinajstić information content (AvgIpc) is 2.98. The van der Waals surface area contributed by atoms with Crippen molar-refractivity contribution in [3.63, 3.8) is 0 Å². The van der Waals surface area contributed by atoms with Crippen molar-refractivity contribution in [2.24, 2.45) is 0 Å². The summed E-state index contributed by atoms with van der Waals surface area (Å²) >= 11 is 0. The Bertz CT molecular complexity index is 563. The maximum Gasteiger partial charge on any atom is 0.223 e. The van der Waals surface area contributed by atoms with E-state index in [0.717, 1.165) is 11.3 Å². The lowest BCUT2D eigenvalue weighted by Gasteiger charge is -2.23. The highest BCUT2D eigenvalue weighted by Gasteiger charge is 2.19. The fraction of sp³-hybridized carbons (Fsp3) is 0.312. The maximum absolute atomic E-state index is 12.2. The van der Waals surface area contributed by atoms with Crippen molar-refractivity contribution in [3.05, 3.63) is 54.0 Å². The number of phenolic OH excluding ortho intramolecular Hbond substituents is 1. The van der Waals surface area contributed by atoms with Crippen LogP contribution in [0.3, 0.4) is 0 Å². The van der Waals surface area contributed by atoms with Gasteiger partial charge in [-0.3, -0.25) is 4.79 Å². The third kappa shape index (κ3) is 3.20. The smallest absolute Gasteiger partial charge is 0.223 e. The second kappa shape index (κ2) is 6.28. The third-order valence-electron chi connectivity index (χ3n) is 3.53. The largest absolute Gasteiger partial charge is 0.508 e. The third-order valence-corrected chi connectivity index (χ3v) is 3.53. The summed E-state index contributed by atoms with van der Waals surface area (Å²) in [4.78, 5) is 13.8. The molecule has 0 saturated heterocycles. The molecular formula is C16H19NO3. The monoisotopic (exact) mass is 273 g/mol. The van der Waals surface area contributed by atoms with Gasteiger partial charge < -0.3 is 14.4 Å². The number of hydrogen-bond acceptors (Lipinski definition) is 3. The van der Waals surface area contributed by atoms with Gasteiger partial charge in [0, 0.05) is 13.5 Å². The highest BCUT2D eigenvalue weighted by Crippen LogP contribution is 2.21. The Balaban J connectivity index is 1.93. The summed E-state index contributed by atoms with van der Waals surface area (Å²) < 4.78 is 5.31. The second-order valence-corrected chi connectivity index (χ2v) is 4.82. The zero-order chi connectivity index (χ0) is 14.5. The first-order valence-corrected chi connectivity index (χ1v) is 6.65. The van der Waals surface area contributed by atoms with Crippen LogP contribution in [0, 0.1) is 0 Å². The molecule has 1 amide bonds. The number of rotatable bonds is 5. The van der Waals surface area contributed by atoms with Crippen molar-refractivity contribution in [1.29, 1.82) is 0 Å². The summed E-state index contributed by atoms with van der Waals surface area (Å²) in [5, 5.41) is 9.68. The van der Waals surface area contributed by atoms with Gasteiger partial charge in [0.15, 0.2) is 0 Å². The number of para-hydroxylation sites is 1. The van der Waals surface area contributed by atoms with E-state index in [9.17, 15) is 9.90 Å². The molecule has 1 atom stereocenters. The summed E-state index contributed by atoms with van der Waals surface area (Å²) in [5.41, 5.74) is 0.792. The number of amides is 1. The van der Waals surface area contributed by atoms with Gasteiger partial charge in [-0.25, -0.2) is 0 Å². The maximum atomic E-state index is 12.2. The summed E-state index contributed by atoms with van der Waals surface area (Å²) in [6, 6.07) is 10.7. The molecule has 0 saturated carbocycles. The molecule has 20 heavy (non-hydrogen) atoms. The number of carbonyl (C=O) groups is 1. The van der Waals surface area contributed by atoms with Crippen molar-refractivity contribution >= 4 is 5.91 Å². The lowest BCUT2D eigenvalue weighted by molar-refractivity contribution is -0.132. The van der Waals surface area contributed by atoms with Gasteiger partial charge in [-0.2, -0.15) is 0 Å². The lowest BCUT2D eigenvalue weighted by Crippen LogP contribution is -2.29. The van der Waals surface area contributed by atoms with Gasteiger partial charge in [0.05, 0.1) is 12.3 Å². The molecule has 1 aromatic carbocycles. The predicted octanol–water partition coefficient (Wildman–Crippen LogP) is 3.14. The molecule has 0 aliphatic carbocycles. The normalized spacial score (nSPS) is 12.1. The van der Waals surface area contributed by atoms with Crippen molar-refractivity contribution in [1.82, 2.24) is 4.90 Å². The van der Waals surface area contributed by atoms with Gasteiger partial charge in [-0.1, -0.05) is 18.2 Å². The average molecular weight is 273 g/mol. The van der Waals surface area contributed by atoms with Crippen molar-refractivity contribution in [2.75, 3.05) is 7.05 Å². The Morgan fingerprint density at radius 3 is 2.70 bits per heavy atom. The first-order chi connectivity index (χ1) is 9.59. The van der Waals surface area contributed by atoms with E-state index >= 15 is 0 Å². The van der Waals surface area contributed by atoms with Crippen LogP contribution in [-0.2, 0) is 11.2 Å². The van der Waals surface area contributed by atoms with Crippen LogP contribution in [0.15, 0.2) is 47.1 Å². The van der Waals surface area contributed by atoms with Crippen molar-refractivity contribution in [2.45, 2.75) is 25.8 Å². The Labute approximate surface area is 118 Å². The minimum absolute atomic E-state index is 0.0251. The van der Waals surface area contributed by atoms with Crippen LogP contribution in [0.5, 0.6) is 5.75 Å². The molecule has 1 aromatic heterocycles. The lowest BCUT2D eigenvalue weighted by atomic mass is 10.1. The number of nitrogens with zero attached hydrogens (tertiary/aromatic N) is 1. The summed E-state index contributed by atoms with van der Waals surface area (Å²) in [6.45, 7) is 1.93. The first-order valence-electron chi connectivity index (χ1n) is 6.65. The topological polar surface area (TPSA) is 53.7 Å². The van der Waals surface area contributed by atoms with Gasteiger partial charge in [-0.05, 0) is 37.1 Å². The van der Waals surface area contributed by atoms with E-state index in [-0.39, 0.29) is 17.7 Å². The minimum Gasteiger partial charge on any atom is -0.508 e. The fourth-order valence-corrected chi connectivity index (χ4v) is 2.08. The minimum atomic E-state index is -0.0955. The Kier molecular flexibility index (Phi) is 4.45. The van der Waals surface area contributed by atoms with Crippen LogP contribution < -0.4 is 0 Å². The highest BCUT2D eigenvalue weighted by atomic mass is 16.3. The van der Waals surface area contributed by atoms with Crippen molar-refractivity contribution < 1.29 is 14.3 Å². The number of phenols is 1. The fourth-order valence-electron chi connectivity index (χ4n) is 2.08. The number of aromatic hydroxyl groups is 1. The summed E-state index contributed by atoms with van der Waals surface area (Å²) in [5.74, 6) is 1.03. The van der Waals surface area contributed by atoms with E-state index in [1.807, 2.05) is 31.2 Å². The molecule has 0 bridgehead atoms. The zero-order valence-electron chi connectivity index (χ0n) is 11.7. The molecule has 4 heteroatoms. The van der Waals surface area contributed by atoms with Crippen LogP contribution in [0.2, 0.25) is 0 Å². The van der Waals surface area contributed by atoms with Gasteiger partial charge in [0.1, 0.15) is 11.5 Å². The number of benzene rings is 1. The van der Waals surface area contributed by atoms with Crippen LogP contribution in [-0.4, -0.2) is 23.0 Å². The zero-order valence-corrected chi connectivity index (χ0v) is 11.7. The SMILES string of the molecule is CC(c1ccco1)N(C)C(=O)CCc1ccccc1O. The molecule has 4 nitrogen and oxygen atoms in total. The molecule has 0 radical (unpaired) electrons. The number of aryl methyl sites for hydroxylation is 1. The molecule has 2 rings (SSSR count). The standard InChI is InChI=1S/C16H19NO3/c1-12(15-8-5-11-20-15)17(2)16(19)10-9-13-6-3-4-7-14(13)18/h3-8,11-12,18H,9-10H2,1-2H3. The quantitative estimate of drug-likeness (QED) is 0.910. The summed E-state index contributed by atoms with van der Waals surface area (Å²) in [7, 11) is 1.76. The first kappa shape index (κ1) is 14.2. The molecule has 2 aromatic rings. The molecule has 1 unspecified atom stereocenters. The van der Waals surface area contributed by atoms with Gasteiger partial charge in [0.2, 0.25) is 5.91 Å². The van der Waals surface area contributed by atoms with E-state index < -0.39 is 0 Å². The van der Waals surface area contributed by atoms with Crippen molar-refractivity contribution in [3.8, 4) is 5.75 Å². The van der Waals surface area contributed by atoms with Crippen LogP contribution in [0.25, 0.3) is 0 Å². The molecule has 1 N–H and O–H groups in total. The second-order valence-electron chi connectivity index (χ2n) is 4.82. The Morgan fingerprint density at radius 1 is 1.30 bits per heavy atom. The Hall–Kier alpha value is -2.23. The highest BCUT2D eigenvalue weighted by molar-refractivity contribution is 5.76. The van der Waals surface area contributed by atoms with Crippen LogP contribution in [0.4, 0.5) is 0 Å². The number of hydrogen-bond donors (Lipinski definition) is 1. The number of furan rings is 1. The van der Waals surface area contributed by atoms with Gasteiger partial charge in [0.25, 0.3) is 0 Å². The molecule has 0 aliphatic rings. The predicted molar refractivity (Wildman–Crippen MR) is 76.3 cm³/mol. The van der Waals surface area contributed by atoms with Crippen LogP contribution in [0.1, 0.15) is 30.7 Å². The van der Waals surface area contributed by atoms with E-state index in [1.54, 1.807) is 30.3 Å². The molecule has 0 spiro atoms. The van der Waals surface area contributed by atoms with E-state index in [2.05, 4.69) is 0 Å². The molecule has 106 valence electrons. The van der Waals surface area contributed by atoms with Crippen LogP contribution >= 0.6 is 0 Å². The van der Waals surface area contributed by atoms with E-state index in [4.69, 9.17) is 4.42 Å². The molecular weight excluding hydrogens is 254 g/mol. The van der Waals surface area contributed by atoms with Gasteiger partial charge in [-0.15, -0.1) is 0 Å². The number of carbonyl (C=O) groups excluding carboxylic acids is 1. The summed E-state index contributed by atoms with van der Waals surface area (Å²) in [6.07, 6.45) is 2.49. The molecule has 0 fully saturated rings. The molecule has 0 aliphatic heterocycles. The molecule has 1 heterocycles. The van der Waals surface area contributed by atoms with E-state index in [0.29, 0.717) is 12.8 Å². The van der Waals surface area contributed by atoms with E-state index in [1.165, 1.54) is 0 Å².